The number of amides is 1. The highest BCUT2D eigenvalue weighted by Crippen LogP contribution is 2.27. The van der Waals surface area contributed by atoms with Crippen LogP contribution in [0.15, 0.2) is 72.9 Å². The van der Waals surface area contributed by atoms with E-state index in [4.69, 9.17) is 18.9 Å². The Bertz CT molecular complexity index is 1310. The van der Waals surface area contributed by atoms with Crippen molar-refractivity contribution in [3.05, 3.63) is 89.7 Å². The molecule has 1 N–H and O–H groups in total. The molecule has 0 aliphatic carbocycles. The lowest BCUT2D eigenvalue weighted by molar-refractivity contribution is -0.155. The maximum atomic E-state index is 13.1. The number of nitrogens with one attached hydrogen (secondary N) is 1. The zero-order chi connectivity index (χ0) is 29.8. The van der Waals surface area contributed by atoms with E-state index in [1.165, 1.54) is 19.2 Å². The average molecular weight is 563 g/mol. The van der Waals surface area contributed by atoms with Crippen molar-refractivity contribution in [2.75, 3.05) is 6.79 Å². The first-order valence-corrected chi connectivity index (χ1v) is 13.2. The summed E-state index contributed by atoms with van der Waals surface area (Å²) in [7, 11) is 0. The molecular weight excluding hydrogens is 528 g/mol. The van der Waals surface area contributed by atoms with E-state index in [9.17, 15) is 19.2 Å². The molecule has 0 aliphatic heterocycles. The summed E-state index contributed by atoms with van der Waals surface area (Å²) in [6.45, 7) is 6.04. The highest BCUT2D eigenvalue weighted by atomic mass is 16.7. The molecule has 0 radical (unpaired) electrons. The number of aldehydes is 1. The van der Waals surface area contributed by atoms with Gasteiger partial charge in [-0.05, 0) is 37.6 Å². The van der Waals surface area contributed by atoms with E-state index in [0.29, 0.717) is 17.6 Å². The van der Waals surface area contributed by atoms with Crippen LogP contribution in [0, 0.1) is 5.92 Å². The first-order chi connectivity index (χ1) is 19.7. The molecule has 3 rings (SSSR count). The van der Waals surface area contributed by atoms with Crippen molar-refractivity contribution in [1.82, 2.24) is 10.3 Å². The Kier molecular flexibility index (Phi) is 11.4. The molecule has 41 heavy (non-hydrogen) atoms. The second-order valence-corrected chi connectivity index (χ2v) is 9.50. The molecule has 3 aromatic rings. The normalized spacial score (nSPS) is 12.9. The molecule has 2 unspecified atom stereocenters. The van der Waals surface area contributed by atoms with Crippen molar-refractivity contribution in [2.45, 2.75) is 52.4 Å². The van der Waals surface area contributed by atoms with Gasteiger partial charge in [0.15, 0.2) is 17.5 Å². The van der Waals surface area contributed by atoms with Crippen molar-refractivity contribution in [2.24, 2.45) is 5.92 Å². The van der Waals surface area contributed by atoms with Crippen molar-refractivity contribution < 1.29 is 38.1 Å². The Hall–Kier alpha value is -4.73. The lowest BCUT2D eigenvalue weighted by atomic mass is 10.0. The monoisotopic (exact) mass is 562 g/mol. The quantitative estimate of drug-likeness (QED) is 0.174. The van der Waals surface area contributed by atoms with Crippen LogP contribution in [-0.4, -0.2) is 48.1 Å². The number of carbonyl (C=O) groups excluding carboxylic acids is 4. The fraction of sp³-hybridized carbons (Fsp3) is 0.323. The van der Waals surface area contributed by atoms with E-state index in [1.807, 2.05) is 60.7 Å². The van der Waals surface area contributed by atoms with Gasteiger partial charge < -0.3 is 29.1 Å². The van der Waals surface area contributed by atoms with Gasteiger partial charge in [-0.25, -0.2) is 9.78 Å². The van der Waals surface area contributed by atoms with Crippen LogP contribution in [0.25, 0.3) is 0 Å². The second kappa shape index (κ2) is 15.2. The summed E-state index contributed by atoms with van der Waals surface area (Å²) in [6, 6.07) is 19.0. The molecule has 0 aliphatic rings. The van der Waals surface area contributed by atoms with Gasteiger partial charge in [0.05, 0.1) is 5.92 Å². The summed E-state index contributed by atoms with van der Waals surface area (Å²) in [5, 5.41) is 2.56. The van der Waals surface area contributed by atoms with E-state index >= 15 is 0 Å². The predicted molar refractivity (Wildman–Crippen MR) is 149 cm³/mol. The maximum absolute atomic E-state index is 13.1. The number of benzene rings is 2. The van der Waals surface area contributed by atoms with E-state index in [1.54, 1.807) is 20.8 Å². The van der Waals surface area contributed by atoms with Gasteiger partial charge in [0.1, 0.15) is 24.2 Å². The Morgan fingerprint density at radius 3 is 2.20 bits per heavy atom. The number of nitrogens with zero attached hydrogens (tertiary/aromatic N) is 1. The van der Waals surface area contributed by atoms with Crippen molar-refractivity contribution >= 4 is 24.1 Å². The molecule has 10 heteroatoms. The van der Waals surface area contributed by atoms with Gasteiger partial charge in [-0.3, -0.25) is 9.59 Å². The Labute approximate surface area is 239 Å². The first kappa shape index (κ1) is 30.8. The largest absolute Gasteiger partial charge is 0.482 e. The highest BCUT2D eigenvalue weighted by Gasteiger charge is 2.29. The molecular formula is C31H34N2O8. The van der Waals surface area contributed by atoms with Gasteiger partial charge in [0, 0.05) is 18.2 Å². The third kappa shape index (κ3) is 8.89. The minimum absolute atomic E-state index is 0.0250. The maximum Gasteiger partial charge on any atom is 0.328 e. The lowest BCUT2D eigenvalue weighted by Crippen LogP contribution is -2.42. The van der Waals surface area contributed by atoms with Gasteiger partial charge in [0.2, 0.25) is 6.79 Å². The van der Waals surface area contributed by atoms with Gasteiger partial charge in [0.25, 0.3) is 5.91 Å². The minimum atomic E-state index is -1.07. The molecule has 0 spiro atoms. The van der Waals surface area contributed by atoms with Crippen LogP contribution >= 0.6 is 0 Å². The lowest BCUT2D eigenvalue weighted by Gasteiger charge is -2.27. The summed E-state index contributed by atoms with van der Waals surface area (Å²) < 4.78 is 22.5. The molecule has 1 amide bonds. The average Bonchev–Trinajstić information content (AvgIpc) is 2.97. The molecule has 3 atom stereocenters. The zero-order valence-corrected chi connectivity index (χ0v) is 23.4. The number of pyridine rings is 1. The number of hydrogen-bond acceptors (Lipinski definition) is 9. The molecule has 0 bridgehead atoms. The fourth-order valence-corrected chi connectivity index (χ4v) is 3.77. The van der Waals surface area contributed by atoms with Crippen LogP contribution in [0.4, 0.5) is 0 Å². The van der Waals surface area contributed by atoms with Gasteiger partial charge in [-0.2, -0.15) is 0 Å². The van der Waals surface area contributed by atoms with Crippen LogP contribution in [0.3, 0.4) is 0 Å². The molecule has 216 valence electrons. The molecule has 0 fully saturated rings. The molecule has 1 aromatic heterocycles. The van der Waals surface area contributed by atoms with E-state index in [2.05, 4.69) is 10.3 Å². The highest BCUT2D eigenvalue weighted by molar-refractivity contribution is 5.97. The predicted octanol–water partition coefficient (Wildman–Crippen LogP) is 4.23. The van der Waals surface area contributed by atoms with E-state index < -0.39 is 42.9 Å². The van der Waals surface area contributed by atoms with Crippen molar-refractivity contribution in [3.63, 3.8) is 0 Å². The number of esters is 2. The Balaban J connectivity index is 1.71. The standard InChI is InChI=1S/C31H34N2O8/c1-20(2)30(36)39-19-38-28-24(16-18-34)15-17-32-26(28)29(35)33-21(3)31(37)40-22(4)27(23-11-7-5-8-12-23)41-25-13-9-6-10-14-25/h5-15,17-18,20-22,27H,16,19H2,1-4H3,(H,33,35)/t21-,22?,27?/m0/s1. The van der Waals surface area contributed by atoms with Crippen molar-refractivity contribution in [3.8, 4) is 11.5 Å². The van der Waals surface area contributed by atoms with Crippen molar-refractivity contribution in [1.29, 1.82) is 0 Å². The summed E-state index contributed by atoms with van der Waals surface area (Å²) in [5.74, 6) is -1.71. The molecule has 10 nitrogen and oxygen atoms in total. The number of rotatable bonds is 14. The smallest absolute Gasteiger partial charge is 0.328 e. The summed E-state index contributed by atoms with van der Waals surface area (Å²) in [6.07, 6.45) is 0.602. The third-order valence-corrected chi connectivity index (χ3v) is 5.94. The zero-order valence-electron chi connectivity index (χ0n) is 23.4. The van der Waals surface area contributed by atoms with Crippen LogP contribution in [0.1, 0.15) is 55.4 Å². The third-order valence-electron chi connectivity index (χ3n) is 5.94. The number of carbonyl (C=O) groups is 4. The van der Waals surface area contributed by atoms with E-state index in [0.717, 1.165) is 5.56 Å². The summed E-state index contributed by atoms with van der Waals surface area (Å²) in [5.41, 5.74) is 1.00. The summed E-state index contributed by atoms with van der Waals surface area (Å²) >= 11 is 0. The summed E-state index contributed by atoms with van der Waals surface area (Å²) in [4.78, 5) is 53.2. The second-order valence-electron chi connectivity index (χ2n) is 9.50. The Morgan fingerprint density at radius 1 is 0.902 bits per heavy atom. The minimum Gasteiger partial charge on any atom is -0.482 e. The first-order valence-electron chi connectivity index (χ1n) is 13.2. The van der Waals surface area contributed by atoms with Gasteiger partial charge in [-0.15, -0.1) is 0 Å². The fourth-order valence-electron chi connectivity index (χ4n) is 3.77. The van der Waals surface area contributed by atoms with E-state index in [-0.39, 0.29) is 23.8 Å². The van der Waals surface area contributed by atoms with Crippen LogP contribution in [-0.2, 0) is 30.3 Å². The van der Waals surface area contributed by atoms with Gasteiger partial charge in [-0.1, -0.05) is 62.4 Å². The Morgan fingerprint density at radius 2 is 1.56 bits per heavy atom. The molecule has 2 aromatic carbocycles. The SMILES string of the molecule is CC(C)C(=O)OCOc1c(CC=O)ccnc1C(=O)N[C@@H](C)C(=O)OC(C)C(Oc1ccccc1)c1ccccc1. The number of ether oxygens (including phenoxy) is 4. The number of aromatic nitrogens is 1. The van der Waals surface area contributed by atoms with Crippen LogP contribution in [0.5, 0.6) is 11.5 Å². The molecule has 0 saturated carbocycles. The number of hydrogen-bond donors (Lipinski definition) is 1. The van der Waals surface area contributed by atoms with Crippen LogP contribution in [0.2, 0.25) is 0 Å². The molecule has 0 saturated heterocycles. The molecule has 1 heterocycles. The number of para-hydroxylation sites is 1. The topological polar surface area (TPSA) is 130 Å². The van der Waals surface area contributed by atoms with Crippen LogP contribution < -0.4 is 14.8 Å². The van der Waals surface area contributed by atoms with Gasteiger partial charge >= 0.3 is 11.9 Å².